The molecule has 122 valence electrons. The highest BCUT2D eigenvalue weighted by Crippen LogP contribution is 2.25. The quantitative estimate of drug-likeness (QED) is 0.846. The number of fused-ring (bicyclic) bond motifs is 1. The molecule has 2 aliphatic rings. The first-order chi connectivity index (χ1) is 9.99. The van der Waals surface area contributed by atoms with Crippen LogP contribution in [0.4, 0.5) is 0 Å². The second-order valence-electron chi connectivity index (χ2n) is 7.29. The van der Waals surface area contributed by atoms with Crippen LogP contribution in [0.5, 0.6) is 0 Å². The maximum absolute atomic E-state index is 12.7. The van der Waals surface area contributed by atoms with E-state index in [1.807, 2.05) is 6.92 Å². The fourth-order valence-corrected chi connectivity index (χ4v) is 3.81. The first-order valence-corrected chi connectivity index (χ1v) is 8.79. The van der Waals surface area contributed by atoms with Crippen molar-refractivity contribution in [1.29, 1.82) is 0 Å². The third kappa shape index (κ3) is 4.43. The molecule has 4 nitrogen and oxygen atoms in total. The highest BCUT2D eigenvalue weighted by Gasteiger charge is 2.36. The topological polar surface area (TPSA) is 49.6 Å². The third-order valence-corrected chi connectivity index (χ3v) is 5.19. The van der Waals surface area contributed by atoms with E-state index in [0.717, 1.165) is 32.4 Å². The molecule has 4 heteroatoms. The number of hydrogen-bond donors (Lipinski definition) is 1. The summed E-state index contributed by atoms with van der Waals surface area (Å²) in [6, 6.07) is 1.22. The van der Waals surface area contributed by atoms with Gasteiger partial charge >= 0.3 is 0 Å². The van der Waals surface area contributed by atoms with Gasteiger partial charge in [0.2, 0.25) is 5.91 Å². The third-order valence-electron chi connectivity index (χ3n) is 5.19. The lowest BCUT2D eigenvalue weighted by atomic mass is 9.94. The number of rotatable bonds is 5. The molecule has 0 spiro atoms. The molecule has 2 aliphatic heterocycles. The van der Waals surface area contributed by atoms with Gasteiger partial charge in [-0.2, -0.15) is 0 Å². The van der Waals surface area contributed by atoms with Gasteiger partial charge in [-0.1, -0.05) is 19.8 Å². The van der Waals surface area contributed by atoms with Crippen LogP contribution in [0.2, 0.25) is 0 Å². The number of piperazine rings is 1. The summed E-state index contributed by atoms with van der Waals surface area (Å²) in [4.78, 5) is 17.5. The molecule has 4 unspecified atom stereocenters. The summed E-state index contributed by atoms with van der Waals surface area (Å²) < 4.78 is 0. The van der Waals surface area contributed by atoms with Gasteiger partial charge in [0, 0.05) is 37.1 Å². The summed E-state index contributed by atoms with van der Waals surface area (Å²) in [5, 5.41) is 0. The zero-order valence-corrected chi connectivity index (χ0v) is 14.1. The van der Waals surface area contributed by atoms with Crippen molar-refractivity contribution in [2.45, 2.75) is 77.4 Å². The molecule has 2 rings (SSSR count). The van der Waals surface area contributed by atoms with E-state index < -0.39 is 0 Å². The predicted octanol–water partition coefficient (Wildman–Crippen LogP) is 2.23. The number of nitrogens with two attached hydrogens (primary N) is 1. The lowest BCUT2D eigenvalue weighted by Gasteiger charge is -2.48. The minimum Gasteiger partial charge on any atom is -0.337 e. The fourth-order valence-electron chi connectivity index (χ4n) is 3.81. The Morgan fingerprint density at radius 2 is 2.00 bits per heavy atom. The fraction of sp³-hybridized carbons (Fsp3) is 0.941. The van der Waals surface area contributed by atoms with Gasteiger partial charge in [-0.3, -0.25) is 9.69 Å². The Kier molecular flexibility index (Phi) is 6.06. The van der Waals surface area contributed by atoms with E-state index in [4.69, 9.17) is 5.73 Å². The Hall–Kier alpha value is -0.610. The van der Waals surface area contributed by atoms with Crippen molar-refractivity contribution in [3.05, 3.63) is 0 Å². The number of hydrogen-bond acceptors (Lipinski definition) is 3. The molecule has 21 heavy (non-hydrogen) atoms. The minimum atomic E-state index is 0.140. The lowest BCUT2D eigenvalue weighted by molar-refractivity contribution is -0.142. The average molecular weight is 295 g/mol. The Labute approximate surface area is 130 Å². The monoisotopic (exact) mass is 295 g/mol. The molecule has 2 N–H and O–H groups in total. The Morgan fingerprint density at radius 3 is 2.71 bits per heavy atom. The molecule has 1 amide bonds. The lowest BCUT2D eigenvalue weighted by Crippen LogP contribution is -2.60. The Morgan fingerprint density at radius 1 is 1.24 bits per heavy atom. The molecule has 2 saturated heterocycles. The van der Waals surface area contributed by atoms with Crippen molar-refractivity contribution in [2.75, 3.05) is 19.6 Å². The maximum Gasteiger partial charge on any atom is 0.225 e. The first-order valence-electron chi connectivity index (χ1n) is 8.79. The van der Waals surface area contributed by atoms with Gasteiger partial charge in [0.1, 0.15) is 0 Å². The van der Waals surface area contributed by atoms with Crippen LogP contribution >= 0.6 is 0 Å². The van der Waals surface area contributed by atoms with Crippen LogP contribution in [0.1, 0.15) is 59.3 Å². The zero-order chi connectivity index (χ0) is 15.4. The molecule has 0 aromatic rings. The van der Waals surface area contributed by atoms with Crippen molar-refractivity contribution in [2.24, 2.45) is 11.7 Å². The number of nitrogens with zero attached hydrogens (tertiary/aromatic N) is 2. The van der Waals surface area contributed by atoms with Crippen LogP contribution in [-0.4, -0.2) is 53.5 Å². The van der Waals surface area contributed by atoms with Gasteiger partial charge < -0.3 is 10.6 Å². The molecular weight excluding hydrogens is 262 g/mol. The molecule has 0 aromatic carbocycles. The number of carbonyl (C=O) groups is 1. The van der Waals surface area contributed by atoms with Crippen LogP contribution in [0.15, 0.2) is 0 Å². The van der Waals surface area contributed by atoms with Gasteiger partial charge in [0.05, 0.1) is 0 Å². The first kappa shape index (κ1) is 16.8. The molecule has 0 saturated carbocycles. The minimum absolute atomic E-state index is 0.140. The van der Waals surface area contributed by atoms with Gasteiger partial charge in [0.15, 0.2) is 0 Å². The zero-order valence-electron chi connectivity index (χ0n) is 14.1. The summed E-state index contributed by atoms with van der Waals surface area (Å²) in [6.07, 6.45) is 6.95. The summed E-state index contributed by atoms with van der Waals surface area (Å²) in [6.45, 7) is 9.55. The highest BCUT2D eigenvalue weighted by molar-refractivity contribution is 5.79. The van der Waals surface area contributed by atoms with Gasteiger partial charge in [-0.15, -0.1) is 0 Å². The van der Waals surface area contributed by atoms with Crippen LogP contribution < -0.4 is 5.73 Å². The average Bonchev–Trinajstić information content (AvgIpc) is 2.45. The number of piperidine rings is 1. The van der Waals surface area contributed by atoms with Gasteiger partial charge in [-0.05, 0) is 46.1 Å². The largest absolute Gasteiger partial charge is 0.337 e. The molecule has 0 bridgehead atoms. The van der Waals surface area contributed by atoms with Crippen molar-refractivity contribution >= 4 is 5.91 Å². The van der Waals surface area contributed by atoms with Crippen molar-refractivity contribution in [3.63, 3.8) is 0 Å². The van der Waals surface area contributed by atoms with Crippen LogP contribution in [0.25, 0.3) is 0 Å². The van der Waals surface area contributed by atoms with E-state index in [1.54, 1.807) is 0 Å². The second-order valence-corrected chi connectivity index (χ2v) is 7.29. The van der Waals surface area contributed by atoms with Crippen LogP contribution in [-0.2, 0) is 4.79 Å². The normalized spacial score (nSPS) is 29.8. The molecule has 2 heterocycles. The van der Waals surface area contributed by atoms with Crippen LogP contribution in [0.3, 0.4) is 0 Å². The molecule has 0 aliphatic carbocycles. The molecular formula is C17H33N3O. The van der Waals surface area contributed by atoms with E-state index in [2.05, 4.69) is 23.6 Å². The summed E-state index contributed by atoms with van der Waals surface area (Å²) >= 11 is 0. The SMILES string of the molecule is CC(N)CCCC(C)C(=O)N1CC2CCCCN2CC1C. The van der Waals surface area contributed by atoms with E-state index in [1.165, 1.54) is 25.8 Å². The van der Waals surface area contributed by atoms with E-state index >= 15 is 0 Å². The molecule has 2 fully saturated rings. The molecule has 0 aromatic heterocycles. The smallest absolute Gasteiger partial charge is 0.225 e. The predicted molar refractivity (Wildman–Crippen MR) is 87.1 cm³/mol. The Balaban J connectivity index is 1.85. The second kappa shape index (κ2) is 7.59. The summed E-state index contributed by atoms with van der Waals surface area (Å²) in [7, 11) is 0. The van der Waals surface area contributed by atoms with Crippen molar-refractivity contribution in [3.8, 4) is 0 Å². The van der Waals surface area contributed by atoms with Crippen LogP contribution in [0, 0.1) is 5.92 Å². The summed E-state index contributed by atoms with van der Waals surface area (Å²) in [5.74, 6) is 0.499. The summed E-state index contributed by atoms with van der Waals surface area (Å²) in [5.41, 5.74) is 5.79. The molecule has 0 radical (unpaired) electrons. The Bertz CT molecular complexity index is 345. The van der Waals surface area contributed by atoms with E-state index in [0.29, 0.717) is 18.0 Å². The van der Waals surface area contributed by atoms with Gasteiger partial charge in [-0.25, -0.2) is 0 Å². The highest BCUT2D eigenvalue weighted by atomic mass is 16.2. The number of amides is 1. The number of carbonyl (C=O) groups excluding carboxylic acids is 1. The standard InChI is InChI=1S/C17H33N3O/c1-13(7-6-8-14(2)18)17(21)20-12-16-9-4-5-10-19(16)11-15(20)3/h13-16H,4-12,18H2,1-3H3. The van der Waals surface area contributed by atoms with Gasteiger partial charge in [0.25, 0.3) is 0 Å². The van der Waals surface area contributed by atoms with E-state index in [9.17, 15) is 4.79 Å². The maximum atomic E-state index is 12.7. The van der Waals surface area contributed by atoms with E-state index in [-0.39, 0.29) is 12.0 Å². The molecule has 4 atom stereocenters. The van der Waals surface area contributed by atoms with Crippen molar-refractivity contribution < 1.29 is 4.79 Å². The van der Waals surface area contributed by atoms with Crippen molar-refractivity contribution in [1.82, 2.24) is 9.80 Å².